The number of aryl methyl sites for hydroxylation is 1. The van der Waals surface area contributed by atoms with Crippen LogP contribution in [0.1, 0.15) is 43.0 Å². The molecule has 2 amide bonds. The molecule has 0 unspecified atom stereocenters. The molecule has 0 fully saturated rings. The number of unbranched alkanes of at least 4 members (excludes halogenated alkanes) is 3. The van der Waals surface area contributed by atoms with Gasteiger partial charge in [0.25, 0.3) is 5.91 Å². The fraction of sp³-hybridized carbons (Fsp3) is 0.389. The highest BCUT2D eigenvalue weighted by molar-refractivity contribution is 5.95. The van der Waals surface area contributed by atoms with Crippen molar-refractivity contribution in [2.45, 2.75) is 39.2 Å². The number of benzene rings is 1. The second kappa shape index (κ2) is 9.50. The van der Waals surface area contributed by atoms with Crippen LogP contribution in [0.25, 0.3) is 0 Å². The van der Waals surface area contributed by atoms with E-state index in [1.807, 2.05) is 12.5 Å². The highest BCUT2D eigenvalue weighted by Gasteiger charge is 2.05. The Kier molecular flexibility index (Phi) is 7.01. The smallest absolute Gasteiger partial charge is 0.251 e. The number of aromatic nitrogens is 2. The molecule has 2 aromatic rings. The molecule has 128 valence electrons. The standard InChI is InChI=1S/C18H24N4O2/c1-15(23)21-17-8-6-16(7-9-17)18(24)20-10-4-2-3-5-12-22-13-11-19-14-22/h6-9,11,13-14H,2-5,10,12H2,1H3,(H,20,24)(H,21,23). The fourth-order valence-electron chi connectivity index (χ4n) is 2.40. The molecule has 2 N–H and O–H groups in total. The predicted molar refractivity (Wildman–Crippen MR) is 93.8 cm³/mol. The molecule has 0 bridgehead atoms. The maximum absolute atomic E-state index is 12.0. The van der Waals surface area contributed by atoms with Crippen molar-refractivity contribution in [1.82, 2.24) is 14.9 Å². The number of nitrogens with one attached hydrogen (secondary N) is 2. The molecule has 6 nitrogen and oxygen atoms in total. The van der Waals surface area contributed by atoms with Crippen LogP contribution in [-0.2, 0) is 11.3 Å². The van der Waals surface area contributed by atoms with E-state index in [1.165, 1.54) is 6.92 Å². The number of rotatable bonds is 9. The summed E-state index contributed by atoms with van der Waals surface area (Å²) >= 11 is 0. The molecular weight excluding hydrogens is 304 g/mol. The van der Waals surface area contributed by atoms with Crippen LogP contribution in [0.5, 0.6) is 0 Å². The second-order valence-electron chi connectivity index (χ2n) is 5.73. The first kappa shape index (κ1) is 17.7. The number of hydrogen-bond donors (Lipinski definition) is 2. The van der Waals surface area contributed by atoms with Crippen LogP contribution in [0.15, 0.2) is 43.0 Å². The number of amides is 2. The topological polar surface area (TPSA) is 76.0 Å². The van der Waals surface area contributed by atoms with Gasteiger partial charge in [0, 0.05) is 43.7 Å². The number of imidazole rings is 1. The normalized spacial score (nSPS) is 10.4. The van der Waals surface area contributed by atoms with Crippen LogP contribution < -0.4 is 10.6 Å². The van der Waals surface area contributed by atoms with Crippen LogP contribution in [0, 0.1) is 0 Å². The van der Waals surface area contributed by atoms with Gasteiger partial charge < -0.3 is 15.2 Å². The quantitative estimate of drug-likeness (QED) is 0.695. The molecule has 6 heteroatoms. The molecule has 1 aromatic carbocycles. The summed E-state index contributed by atoms with van der Waals surface area (Å²) in [6.45, 7) is 3.13. The lowest BCUT2D eigenvalue weighted by atomic mass is 10.1. The van der Waals surface area contributed by atoms with Crippen molar-refractivity contribution in [1.29, 1.82) is 0 Å². The number of carbonyl (C=O) groups excluding carboxylic acids is 2. The van der Waals surface area contributed by atoms with Crippen molar-refractivity contribution in [3.05, 3.63) is 48.5 Å². The number of nitrogens with zero attached hydrogens (tertiary/aromatic N) is 2. The van der Waals surface area contributed by atoms with E-state index in [9.17, 15) is 9.59 Å². The van der Waals surface area contributed by atoms with Crippen molar-refractivity contribution in [3.63, 3.8) is 0 Å². The minimum absolute atomic E-state index is 0.0807. The maximum atomic E-state index is 12.0. The Hall–Kier alpha value is -2.63. The number of anilines is 1. The summed E-state index contributed by atoms with van der Waals surface area (Å²) in [6.07, 6.45) is 9.91. The zero-order valence-electron chi connectivity index (χ0n) is 14.0. The Balaban J connectivity index is 1.58. The lowest BCUT2D eigenvalue weighted by molar-refractivity contribution is -0.114. The van der Waals surface area contributed by atoms with Crippen LogP contribution >= 0.6 is 0 Å². The van der Waals surface area contributed by atoms with Gasteiger partial charge in [0.2, 0.25) is 5.91 Å². The molecular formula is C18H24N4O2. The van der Waals surface area contributed by atoms with Crippen molar-refractivity contribution >= 4 is 17.5 Å². The molecule has 0 aliphatic heterocycles. The van der Waals surface area contributed by atoms with Crippen molar-refractivity contribution in [3.8, 4) is 0 Å². The fourth-order valence-corrected chi connectivity index (χ4v) is 2.40. The minimum Gasteiger partial charge on any atom is -0.352 e. The highest BCUT2D eigenvalue weighted by atomic mass is 16.2. The van der Waals surface area contributed by atoms with Crippen molar-refractivity contribution in [2.24, 2.45) is 0 Å². The highest BCUT2D eigenvalue weighted by Crippen LogP contribution is 2.09. The molecule has 0 atom stereocenters. The van der Waals surface area contributed by atoms with E-state index in [2.05, 4.69) is 20.2 Å². The Bertz CT molecular complexity index is 636. The SMILES string of the molecule is CC(=O)Nc1ccc(C(=O)NCCCCCCn2ccnc2)cc1. The second-order valence-corrected chi connectivity index (χ2v) is 5.73. The van der Waals surface area contributed by atoms with Gasteiger partial charge in [-0.3, -0.25) is 9.59 Å². The van der Waals surface area contributed by atoms with Gasteiger partial charge in [-0.15, -0.1) is 0 Å². The van der Waals surface area contributed by atoms with E-state index >= 15 is 0 Å². The molecule has 24 heavy (non-hydrogen) atoms. The zero-order chi connectivity index (χ0) is 17.2. The predicted octanol–water partition coefficient (Wildman–Crippen LogP) is 2.83. The molecule has 0 aliphatic carbocycles. The van der Waals surface area contributed by atoms with Crippen molar-refractivity contribution < 1.29 is 9.59 Å². The Morgan fingerprint density at radius 2 is 1.83 bits per heavy atom. The molecule has 2 rings (SSSR count). The first-order valence-corrected chi connectivity index (χ1v) is 8.27. The van der Waals surface area contributed by atoms with Crippen molar-refractivity contribution in [2.75, 3.05) is 11.9 Å². The number of hydrogen-bond acceptors (Lipinski definition) is 3. The summed E-state index contributed by atoms with van der Waals surface area (Å²) in [4.78, 5) is 27.0. The Morgan fingerprint density at radius 3 is 2.50 bits per heavy atom. The van der Waals surface area contributed by atoms with E-state index < -0.39 is 0 Å². The van der Waals surface area contributed by atoms with Crippen LogP contribution in [-0.4, -0.2) is 27.9 Å². The third kappa shape index (κ3) is 6.24. The van der Waals surface area contributed by atoms with Crippen LogP contribution in [0.3, 0.4) is 0 Å². The minimum atomic E-state index is -0.125. The Morgan fingerprint density at radius 1 is 1.08 bits per heavy atom. The van der Waals surface area contributed by atoms with Gasteiger partial charge in [0.1, 0.15) is 0 Å². The lowest BCUT2D eigenvalue weighted by Crippen LogP contribution is -2.24. The summed E-state index contributed by atoms with van der Waals surface area (Å²) in [7, 11) is 0. The van der Waals surface area contributed by atoms with Gasteiger partial charge in [-0.05, 0) is 37.1 Å². The van der Waals surface area contributed by atoms with E-state index in [0.29, 0.717) is 17.8 Å². The maximum Gasteiger partial charge on any atom is 0.251 e. The van der Waals surface area contributed by atoms with Gasteiger partial charge in [0.15, 0.2) is 0 Å². The van der Waals surface area contributed by atoms with Crippen LogP contribution in [0.4, 0.5) is 5.69 Å². The molecule has 0 saturated carbocycles. The van der Waals surface area contributed by atoms with E-state index in [4.69, 9.17) is 0 Å². The molecule has 1 aromatic heterocycles. The molecule has 0 radical (unpaired) electrons. The summed E-state index contributed by atoms with van der Waals surface area (Å²) in [6, 6.07) is 6.89. The molecule has 0 aliphatic rings. The van der Waals surface area contributed by atoms with Gasteiger partial charge in [-0.25, -0.2) is 4.98 Å². The van der Waals surface area contributed by atoms with Gasteiger partial charge in [-0.2, -0.15) is 0 Å². The third-order valence-electron chi connectivity index (χ3n) is 3.66. The summed E-state index contributed by atoms with van der Waals surface area (Å²) in [5.41, 5.74) is 1.29. The van der Waals surface area contributed by atoms with Crippen LogP contribution in [0.2, 0.25) is 0 Å². The van der Waals surface area contributed by atoms with Gasteiger partial charge in [0.05, 0.1) is 6.33 Å². The average Bonchev–Trinajstić information content (AvgIpc) is 3.07. The first-order valence-electron chi connectivity index (χ1n) is 8.27. The largest absolute Gasteiger partial charge is 0.352 e. The molecule has 1 heterocycles. The Labute approximate surface area is 142 Å². The summed E-state index contributed by atoms with van der Waals surface area (Å²) < 4.78 is 2.08. The van der Waals surface area contributed by atoms with E-state index in [-0.39, 0.29) is 11.8 Å². The molecule has 0 spiro atoms. The monoisotopic (exact) mass is 328 g/mol. The third-order valence-corrected chi connectivity index (χ3v) is 3.66. The molecule has 0 saturated heterocycles. The van der Waals surface area contributed by atoms with Gasteiger partial charge in [-0.1, -0.05) is 12.8 Å². The number of carbonyl (C=O) groups is 2. The summed E-state index contributed by atoms with van der Waals surface area (Å²) in [5.74, 6) is -0.206. The van der Waals surface area contributed by atoms with E-state index in [0.717, 1.165) is 32.2 Å². The first-order chi connectivity index (χ1) is 11.6. The average molecular weight is 328 g/mol. The summed E-state index contributed by atoms with van der Waals surface area (Å²) in [5, 5.41) is 5.60. The van der Waals surface area contributed by atoms with E-state index in [1.54, 1.807) is 30.5 Å². The lowest BCUT2D eigenvalue weighted by Gasteiger charge is -2.07. The zero-order valence-corrected chi connectivity index (χ0v) is 14.0. The van der Waals surface area contributed by atoms with Gasteiger partial charge >= 0.3 is 0 Å².